The summed E-state index contributed by atoms with van der Waals surface area (Å²) in [6.45, 7) is 3.12. The maximum atomic E-state index is 5.92. The van der Waals surface area contributed by atoms with E-state index in [-0.39, 0.29) is 6.04 Å². The van der Waals surface area contributed by atoms with Gasteiger partial charge in [-0.15, -0.1) is 16.9 Å². The van der Waals surface area contributed by atoms with Crippen LogP contribution in [0.5, 0.6) is 0 Å². The highest BCUT2D eigenvalue weighted by molar-refractivity contribution is 9.10. The number of nitrogens with one attached hydrogen (secondary N) is 1. The molecule has 0 aliphatic heterocycles. The van der Waals surface area contributed by atoms with Crippen LogP contribution < -0.4 is 5.32 Å². The molecule has 1 unspecified atom stereocenters. The molecule has 7 heteroatoms. The molecule has 114 valence electrons. The maximum absolute atomic E-state index is 5.92. The van der Waals surface area contributed by atoms with Gasteiger partial charge in [0.15, 0.2) is 4.60 Å². The van der Waals surface area contributed by atoms with E-state index in [9.17, 15) is 0 Å². The first-order valence-corrected chi connectivity index (χ1v) is 8.94. The molecular weight excluding hydrogens is 372 g/mol. The normalized spacial score (nSPS) is 12.6. The van der Waals surface area contributed by atoms with Gasteiger partial charge in [0.1, 0.15) is 0 Å². The summed E-state index contributed by atoms with van der Waals surface area (Å²) >= 11 is 11.2. The second-order valence-corrected chi connectivity index (χ2v) is 6.94. The SMILES string of the molecule is CCCNC(CSc1ccc(Cl)cc1)c1c(Br)nnn1C. The fourth-order valence-electron chi connectivity index (χ4n) is 1.97. The van der Waals surface area contributed by atoms with Crippen molar-refractivity contribution < 1.29 is 0 Å². The minimum absolute atomic E-state index is 0.194. The fraction of sp³-hybridized carbons (Fsp3) is 0.429. The second kappa shape index (κ2) is 8.17. The van der Waals surface area contributed by atoms with Gasteiger partial charge in [0.25, 0.3) is 0 Å². The van der Waals surface area contributed by atoms with Crippen molar-refractivity contribution in [2.75, 3.05) is 12.3 Å². The second-order valence-electron chi connectivity index (χ2n) is 4.66. The van der Waals surface area contributed by atoms with Crippen LogP contribution >= 0.6 is 39.3 Å². The van der Waals surface area contributed by atoms with Crippen molar-refractivity contribution in [3.05, 3.63) is 39.6 Å². The average molecular weight is 390 g/mol. The third-order valence-electron chi connectivity index (χ3n) is 3.03. The van der Waals surface area contributed by atoms with Crippen molar-refractivity contribution in [1.82, 2.24) is 20.3 Å². The van der Waals surface area contributed by atoms with Crippen LogP contribution in [0.15, 0.2) is 33.8 Å². The summed E-state index contributed by atoms with van der Waals surface area (Å²) in [5.41, 5.74) is 1.07. The predicted molar refractivity (Wildman–Crippen MR) is 91.9 cm³/mol. The van der Waals surface area contributed by atoms with E-state index >= 15 is 0 Å². The lowest BCUT2D eigenvalue weighted by Gasteiger charge is -2.18. The number of hydrogen-bond acceptors (Lipinski definition) is 4. The van der Waals surface area contributed by atoms with Gasteiger partial charge in [0.05, 0.1) is 11.7 Å². The predicted octanol–water partition coefficient (Wildman–Crippen LogP) is 4.06. The van der Waals surface area contributed by atoms with Crippen LogP contribution in [0, 0.1) is 0 Å². The van der Waals surface area contributed by atoms with Gasteiger partial charge in [-0.3, -0.25) is 0 Å². The Hall–Kier alpha value is -0.560. The van der Waals surface area contributed by atoms with Crippen molar-refractivity contribution >= 4 is 39.3 Å². The molecule has 0 aliphatic carbocycles. The molecule has 1 heterocycles. The molecule has 21 heavy (non-hydrogen) atoms. The molecule has 2 aromatic rings. The number of hydrogen-bond donors (Lipinski definition) is 1. The Bertz CT molecular complexity index is 553. The number of aryl methyl sites for hydroxylation is 1. The van der Waals surface area contributed by atoms with E-state index in [4.69, 9.17) is 11.6 Å². The Labute approximate surface area is 142 Å². The van der Waals surface area contributed by atoms with Gasteiger partial charge in [0, 0.05) is 22.7 Å². The van der Waals surface area contributed by atoms with E-state index < -0.39 is 0 Å². The highest BCUT2D eigenvalue weighted by Gasteiger charge is 2.19. The quantitative estimate of drug-likeness (QED) is 0.725. The van der Waals surface area contributed by atoms with Crippen molar-refractivity contribution in [3.63, 3.8) is 0 Å². The summed E-state index contributed by atoms with van der Waals surface area (Å²) in [5.74, 6) is 0.904. The molecule has 1 aromatic carbocycles. The Kier molecular flexibility index (Phi) is 6.54. The molecule has 0 fully saturated rings. The summed E-state index contributed by atoms with van der Waals surface area (Å²) in [6.07, 6.45) is 1.09. The number of rotatable bonds is 7. The molecule has 1 N–H and O–H groups in total. The van der Waals surface area contributed by atoms with Gasteiger partial charge in [-0.25, -0.2) is 4.68 Å². The summed E-state index contributed by atoms with van der Waals surface area (Å²) in [5, 5.41) is 12.5. The lowest BCUT2D eigenvalue weighted by Crippen LogP contribution is -2.26. The van der Waals surface area contributed by atoms with Crippen LogP contribution in [0.25, 0.3) is 0 Å². The number of aromatic nitrogens is 3. The topological polar surface area (TPSA) is 42.7 Å². The van der Waals surface area contributed by atoms with Crippen molar-refractivity contribution in [2.45, 2.75) is 24.3 Å². The van der Waals surface area contributed by atoms with Gasteiger partial charge in [-0.2, -0.15) is 0 Å². The number of benzene rings is 1. The van der Waals surface area contributed by atoms with E-state index in [2.05, 4.69) is 38.5 Å². The van der Waals surface area contributed by atoms with Crippen LogP contribution in [-0.4, -0.2) is 27.3 Å². The van der Waals surface area contributed by atoms with Crippen LogP contribution in [0.3, 0.4) is 0 Å². The third-order valence-corrected chi connectivity index (χ3v) is 4.95. The molecule has 1 aromatic heterocycles. The van der Waals surface area contributed by atoms with E-state index in [0.29, 0.717) is 0 Å². The van der Waals surface area contributed by atoms with Crippen molar-refractivity contribution in [2.24, 2.45) is 7.05 Å². The van der Waals surface area contributed by atoms with Gasteiger partial charge in [0.2, 0.25) is 0 Å². The molecule has 0 saturated heterocycles. The molecule has 4 nitrogen and oxygen atoms in total. The molecule has 0 radical (unpaired) electrons. The summed E-state index contributed by atoms with van der Waals surface area (Å²) in [4.78, 5) is 1.20. The van der Waals surface area contributed by atoms with Crippen LogP contribution in [0.2, 0.25) is 5.02 Å². The van der Waals surface area contributed by atoms with Crippen LogP contribution in [-0.2, 0) is 7.05 Å². The molecule has 0 bridgehead atoms. The zero-order chi connectivity index (χ0) is 15.2. The largest absolute Gasteiger partial charge is 0.308 e. The smallest absolute Gasteiger partial charge is 0.153 e. The maximum Gasteiger partial charge on any atom is 0.153 e. The molecule has 0 aliphatic rings. The van der Waals surface area contributed by atoms with Crippen LogP contribution in [0.4, 0.5) is 0 Å². The van der Waals surface area contributed by atoms with Gasteiger partial charge < -0.3 is 5.32 Å². The molecule has 2 rings (SSSR count). The standard InChI is InChI=1S/C14H18BrClN4S/c1-3-8-17-12(13-14(15)18-19-20(13)2)9-21-11-6-4-10(16)5-7-11/h4-7,12,17H,3,8-9H2,1-2H3. The van der Waals surface area contributed by atoms with Crippen molar-refractivity contribution in [3.8, 4) is 0 Å². The average Bonchev–Trinajstić information content (AvgIpc) is 2.81. The first-order chi connectivity index (χ1) is 10.1. The fourth-order valence-corrected chi connectivity index (χ4v) is 3.67. The summed E-state index contributed by atoms with van der Waals surface area (Å²) in [6, 6.07) is 8.11. The number of halogens is 2. The van der Waals surface area contributed by atoms with E-state index in [1.807, 2.05) is 36.0 Å². The van der Waals surface area contributed by atoms with E-state index in [1.165, 1.54) is 4.90 Å². The van der Waals surface area contributed by atoms with Gasteiger partial charge in [-0.1, -0.05) is 23.7 Å². The highest BCUT2D eigenvalue weighted by atomic mass is 79.9. The molecule has 0 amide bonds. The summed E-state index contributed by atoms with van der Waals surface area (Å²) < 4.78 is 2.62. The third kappa shape index (κ3) is 4.71. The van der Waals surface area contributed by atoms with Gasteiger partial charge in [-0.05, 0) is 53.2 Å². The Balaban J connectivity index is 2.08. The first kappa shape index (κ1) is 16.8. The zero-order valence-electron chi connectivity index (χ0n) is 12.0. The molecule has 0 saturated carbocycles. The minimum atomic E-state index is 0.194. The Morgan fingerprint density at radius 3 is 2.67 bits per heavy atom. The molecule has 1 atom stereocenters. The van der Waals surface area contributed by atoms with Crippen LogP contribution in [0.1, 0.15) is 25.1 Å². The Morgan fingerprint density at radius 1 is 1.38 bits per heavy atom. The molecule has 0 spiro atoms. The first-order valence-electron chi connectivity index (χ1n) is 6.78. The number of nitrogens with zero attached hydrogens (tertiary/aromatic N) is 3. The lowest BCUT2D eigenvalue weighted by atomic mass is 10.2. The lowest BCUT2D eigenvalue weighted by molar-refractivity contribution is 0.531. The monoisotopic (exact) mass is 388 g/mol. The molecular formula is C14H18BrClN4S. The van der Waals surface area contributed by atoms with E-state index in [1.54, 1.807) is 11.8 Å². The van der Waals surface area contributed by atoms with Crippen molar-refractivity contribution in [1.29, 1.82) is 0 Å². The number of thioether (sulfide) groups is 1. The zero-order valence-corrected chi connectivity index (χ0v) is 15.2. The highest BCUT2D eigenvalue weighted by Crippen LogP contribution is 2.28. The summed E-state index contributed by atoms with van der Waals surface area (Å²) in [7, 11) is 1.92. The minimum Gasteiger partial charge on any atom is -0.308 e. The van der Waals surface area contributed by atoms with E-state index in [0.717, 1.165) is 34.0 Å². The Morgan fingerprint density at radius 2 is 2.10 bits per heavy atom. The van der Waals surface area contributed by atoms with Gasteiger partial charge >= 0.3 is 0 Å².